The fourth-order valence-electron chi connectivity index (χ4n) is 3.08. The number of sulfonamides is 1. The van der Waals surface area contributed by atoms with Crippen molar-refractivity contribution < 1.29 is 18.0 Å². The van der Waals surface area contributed by atoms with E-state index in [9.17, 15) is 18.0 Å². The van der Waals surface area contributed by atoms with E-state index in [1.54, 1.807) is 48.5 Å². The number of halogens is 4. The molecule has 1 atom stereocenters. The normalized spacial score (nSPS) is 12.2. The Morgan fingerprint density at radius 2 is 1.59 bits per heavy atom. The molecular weight excluding hydrogens is 673 g/mol. The van der Waals surface area contributed by atoms with Crippen LogP contribution in [0.2, 0.25) is 0 Å². The SMILES string of the molecule is Cc1ccc(S(=O)(=O)NNC(=O)c2ccccc2NC(=S)NC(NC(=O)c2cccc(Br)c2)C(Cl)(Cl)Cl)cc1. The van der Waals surface area contributed by atoms with Crippen LogP contribution in [0.3, 0.4) is 0 Å². The maximum Gasteiger partial charge on any atom is 0.268 e. The molecule has 0 heterocycles. The van der Waals surface area contributed by atoms with Crippen molar-refractivity contribution in [2.24, 2.45) is 0 Å². The Morgan fingerprint density at radius 1 is 0.923 bits per heavy atom. The van der Waals surface area contributed by atoms with Gasteiger partial charge in [0.15, 0.2) is 5.11 Å². The van der Waals surface area contributed by atoms with Crippen LogP contribution in [-0.2, 0) is 10.0 Å². The Kier molecular flexibility index (Phi) is 10.6. The van der Waals surface area contributed by atoms with Gasteiger partial charge in [-0.25, -0.2) is 8.42 Å². The number of carbonyl (C=O) groups excluding carboxylic acids is 2. The van der Waals surface area contributed by atoms with Gasteiger partial charge >= 0.3 is 0 Å². The summed E-state index contributed by atoms with van der Waals surface area (Å²) in [5, 5.41) is 7.97. The topological polar surface area (TPSA) is 128 Å². The van der Waals surface area contributed by atoms with E-state index in [2.05, 4.69) is 42.1 Å². The summed E-state index contributed by atoms with van der Waals surface area (Å²) in [6.45, 7) is 1.82. The largest absolute Gasteiger partial charge is 0.339 e. The maximum absolute atomic E-state index is 12.8. The molecule has 39 heavy (non-hydrogen) atoms. The summed E-state index contributed by atoms with van der Waals surface area (Å²) in [4.78, 5) is 27.6. The zero-order valence-electron chi connectivity index (χ0n) is 20.0. The number of hydrazine groups is 1. The first-order valence-corrected chi connectivity index (χ1v) is 14.8. The number of alkyl halides is 3. The molecule has 1 unspecified atom stereocenters. The minimum atomic E-state index is -4.01. The Balaban J connectivity index is 1.69. The lowest BCUT2D eigenvalue weighted by Gasteiger charge is -2.28. The third-order valence-electron chi connectivity index (χ3n) is 5.02. The first kappa shape index (κ1) is 31.1. The summed E-state index contributed by atoms with van der Waals surface area (Å²) in [5.74, 6) is -1.30. The smallest absolute Gasteiger partial charge is 0.268 e. The maximum atomic E-state index is 12.8. The van der Waals surface area contributed by atoms with Gasteiger partial charge in [0.1, 0.15) is 6.17 Å². The van der Waals surface area contributed by atoms with Gasteiger partial charge < -0.3 is 16.0 Å². The molecule has 3 aromatic rings. The zero-order chi connectivity index (χ0) is 28.8. The Hall–Kier alpha value is -2.45. The fourth-order valence-corrected chi connectivity index (χ4v) is 4.87. The van der Waals surface area contributed by atoms with Gasteiger partial charge in [0.2, 0.25) is 3.79 Å². The minimum Gasteiger partial charge on any atom is -0.339 e. The van der Waals surface area contributed by atoms with Crippen molar-refractivity contribution in [3.8, 4) is 0 Å². The van der Waals surface area contributed by atoms with Gasteiger partial charge in [-0.3, -0.25) is 15.0 Å². The number of benzene rings is 3. The molecule has 15 heteroatoms. The van der Waals surface area contributed by atoms with Crippen molar-refractivity contribution in [1.29, 1.82) is 0 Å². The molecule has 2 amide bonds. The second-order valence-corrected chi connectivity index (χ2v) is 13.4. The van der Waals surface area contributed by atoms with Crippen LogP contribution < -0.4 is 26.2 Å². The molecule has 0 aliphatic rings. The van der Waals surface area contributed by atoms with Crippen LogP contribution in [0.4, 0.5) is 5.69 Å². The molecule has 0 spiro atoms. The number of rotatable bonds is 8. The molecule has 3 aromatic carbocycles. The van der Waals surface area contributed by atoms with Crippen molar-refractivity contribution in [3.05, 3.63) is 94.0 Å². The second kappa shape index (κ2) is 13.3. The van der Waals surface area contributed by atoms with Crippen LogP contribution in [0.15, 0.2) is 82.2 Å². The lowest BCUT2D eigenvalue weighted by molar-refractivity contribution is 0.0930. The van der Waals surface area contributed by atoms with Crippen LogP contribution in [0.5, 0.6) is 0 Å². The van der Waals surface area contributed by atoms with Gasteiger partial charge in [-0.2, -0.15) is 0 Å². The predicted molar refractivity (Wildman–Crippen MR) is 160 cm³/mol. The molecule has 0 saturated carbocycles. The van der Waals surface area contributed by atoms with Crippen LogP contribution >= 0.6 is 63.0 Å². The number of thiocarbonyl (C=S) groups is 1. The van der Waals surface area contributed by atoms with Gasteiger partial charge in [-0.1, -0.05) is 86.6 Å². The van der Waals surface area contributed by atoms with Crippen molar-refractivity contribution in [2.75, 3.05) is 5.32 Å². The molecule has 0 aliphatic heterocycles. The Labute approximate surface area is 254 Å². The number of nitrogens with one attached hydrogen (secondary N) is 5. The zero-order valence-corrected chi connectivity index (χ0v) is 25.5. The Morgan fingerprint density at radius 3 is 2.23 bits per heavy atom. The number of anilines is 1. The van der Waals surface area contributed by atoms with E-state index in [0.29, 0.717) is 10.0 Å². The number of amides is 2. The van der Waals surface area contributed by atoms with Crippen LogP contribution in [0, 0.1) is 6.92 Å². The van der Waals surface area contributed by atoms with Crippen molar-refractivity contribution in [1.82, 2.24) is 20.9 Å². The number of para-hydroxylation sites is 1. The standard InChI is InChI=1S/C24H21BrCl3N5O4S2/c1-14-9-11-17(12-10-14)39(36,37)33-32-21(35)18-7-2-3-8-19(18)29-23(38)31-22(24(26,27)28)30-20(34)15-5-4-6-16(25)13-15/h2-13,22,33H,1H3,(H,30,34)(H,32,35)(H2,29,31,38). The molecule has 0 saturated heterocycles. The van der Waals surface area contributed by atoms with E-state index in [1.165, 1.54) is 24.3 Å². The fraction of sp³-hybridized carbons (Fsp3) is 0.125. The van der Waals surface area contributed by atoms with E-state index in [0.717, 1.165) is 5.56 Å². The van der Waals surface area contributed by atoms with Gasteiger partial charge in [0.25, 0.3) is 21.8 Å². The van der Waals surface area contributed by atoms with Crippen LogP contribution in [-0.4, -0.2) is 35.3 Å². The van der Waals surface area contributed by atoms with Crippen molar-refractivity contribution in [2.45, 2.75) is 21.8 Å². The lowest BCUT2D eigenvalue weighted by atomic mass is 10.1. The minimum absolute atomic E-state index is 0.0205. The molecular formula is C24H21BrCl3N5O4S2. The molecule has 0 aromatic heterocycles. The number of hydrogen-bond acceptors (Lipinski definition) is 5. The first-order chi connectivity index (χ1) is 18.3. The molecule has 0 aliphatic carbocycles. The van der Waals surface area contributed by atoms with Gasteiger partial charge in [0.05, 0.1) is 16.1 Å². The molecule has 0 radical (unpaired) electrons. The van der Waals surface area contributed by atoms with Crippen molar-refractivity contribution >= 4 is 95.6 Å². The molecule has 206 valence electrons. The Bertz CT molecular complexity index is 1490. The predicted octanol–water partition coefficient (Wildman–Crippen LogP) is 4.79. The monoisotopic (exact) mass is 691 g/mol. The van der Waals surface area contributed by atoms with Crippen LogP contribution in [0.1, 0.15) is 26.3 Å². The van der Waals surface area contributed by atoms with E-state index < -0.39 is 31.8 Å². The average molecular weight is 694 g/mol. The highest BCUT2D eigenvalue weighted by Crippen LogP contribution is 2.29. The quantitative estimate of drug-likeness (QED) is 0.0994. The summed E-state index contributed by atoms with van der Waals surface area (Å²) >= 11 is 26.8. The third kappa shape index (κ3) is 9.04. The third-order valence-corrected chi connectivity index (χ3v) is 7.65. The van der Waals surface area contributed by atoms with E-state index in [-0.39, 0.29) is 21.3 Å². The lowest BCUT2D eigenvalue weighted by Crippen LogP contribution is -2.56. The van der Waals surface area contributed by atoms with Crippen LogP contribution in [0.25, 0.3) is 0 Å². The number of carbonyl (C=O) groups is 2. The van der Waals surface area contributed by atoms with E-state index >= 15 is 0 Å². The van der Waals surface area contributed by atoms with Gasteiger partial charge in [-0.15, -0.1) is 4.83 Å². The van der Waals surface area contributed by atoms with E-state index in [1.807, 2.05) is 6.92 Å². The molecule has 0 fully saturated rings. The molecule has 3 rings (SSSR count). The molecule has 0 bridgehead atoms. The molecule has 5 N–H and O–H groups in total. The average Bonchev–Trinajstić information content (AvgIpc) is 2.87. The number of aryl methyl sites for hydroxylation is 1. The van der Waals surface area contributed by atoms with E-state index in [4.69, 9.17) is 47.0 Å². The summed E-state index contributed by atoms with van der Waals surface area (Å²) < 4.78 is 23.7. The number of hydrogen-bond donors (Lipinski definition) is 5. The highest BCUT2D eigenvalue weighted by molar-refractivity contribution is 9.10. The summed E-state index contributed by atoms with van der Waals surface area (Å²) in [5.41, 5.74) is 3.63. The highest BCUT2D eigenvalue weighted by Gasteiger charge is 2.35. The second-order valence-electron chi connectivity index (χ2n) is 7.98. The molecule has 9 nitrogen and oxygen atoms in total. The first-order valence-electron chi connectivity index (χ1n) is 10.9. The summed E-state index contributed by atoms with van der Waals surface area (Å²) in [6.07, 6.45) is -1.27. The highest BCUT2D eigenvalue weighted by atomic mass is 79.9. The summed E-state index contributed by atoms with van der Waals surface area (Å²) in [7, 11) is -4.01. The van der Waals surface area contributed by atoms with Gasteiger partial charge in [-0.05, 0) is 61.6 Å². The van der Waals surface area contributed by atoms with Crippen molar-refractivity contribution in [3.63, 3.8) is 0 Å². The summed E-state index contributed by atoms with van der Waals surface area (Å²) in [6, 6.07) is 18.9. The van der Waals surface area contributed by atoms with Gasteiger partial charge in [0, 0.05) is 10.0 Å².